The van der Waals surface area contributed by atoms with Crippen molar-refractivity contribution in [2.24, 2.45) is 0 Å². The zero-order chi connectivity index (χ0) is 13.9. The Morgan fingerprint density at radius 2 is 1.55 bits per heavy atom. The van der Waals surface area contributed by atoms with Crippen LogP contribution >= 0.6 is 0 Å². The molecule has 0 bridgehead atoms. The van der Waals surface area contributed by atoms with Gasteiger partial charge in [0.05, 0.1) is 5.69 Å². The van der Waals surface area contributed by atoms with E-state index in [9.17, 15) is 0 Å². The molecule has 0 fully saturated rings. The third kappa shape index (κ3) is 2.52. The number of aromatic nitrogens is 2. The molecular weight excluding hydrogens is 246 g/mol. The molecule has 3 rings (SSSR count). The fraction of sp³-hybridized carbons (Fsp3) is 0.0588. The minimum atomic E-state index is 0.736. The third-order valence-corrected chi connectivity index (χ3v) is 3.07. The molecule has 0 radical (unpaired) electrons. The first-order valence-electron chi connectivity index (χ1n) is 6.49. The van der Waals surface area contributed by atoms with E-state index in [2.05, 4.69) is 9.97 Å². The van der Waals surface area contributed by atoms with Crippen LogP contribution in [0.15, 0.2) is 60.7 Å². The van der Waals surface area contributed by atoms with Crippen LogP contribution in [-0.2, 0) is 0 Å². The Morgan fingerprint density at radius 1 is 0.800 bits per heavy atom. The molecule has 3 aromatic rings. The molecule has 0 amide bonds. The van der Waals surface area contributed by atoms with Gasteiger partial charge in [-0.1, -0.05) is 42.5 Å². The van der Waals surface area contributed by atoms with Gasteiger partial charge in [0.1, 0.15) is 0 Å². The molecule has 20 heavy (non-hydrogen) atoms. The lowest BCUT2D eigenvalue weighted by Crippen LogP contribution is -1.95. The highest BCUT2D eigenvalue weighted by atomic mass is 14.9. The maximum absolute atomic E-state index is 5.84. The van der Waals surface area contributed by atoms with Crippen molar-refractivity contribution in [2.75, 3.05) is 5.73 Å². The Morgan fingerprint density at radius 3 is 2.30 bits per heavy atom. The van der Waals surface area contributed by atoms with Crippen molar-refractivity contribution in [3.05, 3.63) is 66.4 Å². The average molecular weight is 261 g/mol. The molecule has 98 valence electrons. The molecular formula is C17H15N3. The van der Waals surface area contributed by atoms with Crippen LogP contribution in [0.3, 0.4) is 0 Å². The fourth-order valence-electron chi connectivity index (χ4n) is 2.13. The van der Waals surface area contributed by atoms with Crippen molar-refractivity contribution in [1.82, 2.24) is 9.97 Å². The monoisotopic (exact) mass is 261 g/mol. The van der Waals surface area contributed by atoms with E-state index in [0.717, 1.165) is 34.0 Å². The molecule has 0 spiro atoms. The predicted octanol–water partition coefficient (Wildman–Crippen LogP) is 3.70. The highest BCUT2D eigenvalue weighted by Crippen LogP contribution is 2.23. The number of anilines is 1. The Kier molecular flexibility index (Phi) is 3.17. The van der Waals surface area contributed by atoms with Gasteiger partial charge in [0.25, 0.3) is 0 Å². The molecule has 2 aromatic carbocycles. The summed E-state index contributed by atoms with van der Waals surface area (Å²) in [7, 11) is 0. The van der Waals surface area contributed by atoms with E-state index in [1.54, 1.807) is 0 Å². The number of aryl methyl sites for hydroxylation is 1. The number of nitrogen functional groups attached to an aromatic ring is 1. The molecule has 3 nitrogen and oxygen atoms in total. The first-order valence-corrected chi connectivity index (χ1v) is 6.49. The third-order valence-electron chi connectivity index (χ3n) is 3.07. The first-order chi connectivity index (χ1) is 9.72. The molecule has 0 aliphatic rings. The Bertz CT molecular complexity index is 736. The Balaban J connectivity index is 2.12. The van der Waals surface area contributed by atoms with Gasteiger partial charge in [0, 0.05) is 22.5 Å². The van der Waals surface area contributed by atoms with Gasteiger partial charge >= 0.3 is 0 Å². The molecule has 0 aliphatic heterocycles. The summed E-state index contributed by atoms with van der Waals surface area (Å²) >= 11 is 0. The Hall–Kier alpha value is -2.68. The van der Waals surface area contributed by atoms with Crippen LogP contribution in [0, 0.1) is 6.92 Å². The highest BCUT2D eigenvalue weighted by molar-refractivity contribution is 5.67. The standard InChI is InChI=1S/C17H15N3/c1-12-10-16(14-8-5-9-15(18)11-14)20-17(19-12)13-6-3-2-4-7-13/h2-11H,18H2,1H3. The molecule has 0 atom stereocenters. The largest absolute Gasteiger partial charge is 0.399 e. The van der Waals surface area contributed by atoms with Gasteiger partial charge in [0.2, 0.25) is 0 Å². The van der Waals surface area contributed by atoms with Gasteiger partial charge in [-0.25, -0.2) is 9.97 Å². The highest BCUT2D eigenvalue weighted by Gasteiger charge is 2.06. The van der Waals surface area contributed by atoms with E-state index in [-0.39, 0.29) is 0 Å². The van der Waals surface area contributed by atoms with E-state index in [1.807, 2.05) is 67.6 Å². The quantitative estimate of drug-likeness (QED) is 0.715. The topological polar surface area (TPSA) is 51.8 Å². The normalized spacial score (nSPS) is 10.4. The van der Waals surface area contributed by atoms with E-state index >= 15 is 0 Å². The van der Waals surface area contributed by atoms with Crippen LogP contribution in [-0.4, -0.2) is 9.97 Å². The molecule has 0 saturated carbocycles. The van der Waals surface area contributed by atoms with Crippen LogP contribution in [0.2, 0.25) is 0 Å². The molecule has 3 heteroatoms. The number of benzene rings is 2. The summed E-state index contributed by atoms with van der Waals surface area (Å²) in [4.78, 5) is 9.16. The van der Waals surface area contributed by atoms with E-state index in [1.165, 1.54) is 0 Å². The van der Waals surface area contributed by atoms with Gasteiger partial charge in [-0.05, 0) is 25.1 Å². The SMILES string of the molecule is Cc1cc(-c2cccc(N)c2)nc(-c2ccccc2)n1. The minimum absolute atomic E-state index is 0.736. The molecule has 0 unspecified atom stereocenters. The number of hydrogen-bond donors (Lipinski definition) is 1. The van der Waals surface area contributed by atoms with Crippen molar-refractivity contribution in [2.45, 2.75) is 6.92 Å². The number of nitrogens with zero attached hydrogens (tertiary/aromatic N) is 2. The van der Waals surface area contributed by atoms with Crippen molar-refractivity contribution >= 4 is 5.69 Å². The van der Waals surface area contributed by atoms with Crippen molar-refractivity contribution in [3.8, 4) is 22.6 Å². The van der Waals surface area contributed by atoms with Gasteiger partial charge in [-0.3, -0.25) is 0 Å². The minimum Gasteiger partial charge on any atom is -0.399 e. The molecule has 1 aromatic heterocycles. The van der Waals surface area contributed by atoms with Crippen molar-refractivity contribution < 1.29 is 0 Å². The number of nitrogens with two attached hydrogens (primary N) is 1. The first kappa shape index (κ1) is 12.4. The second-order valence-corrected chi connectivity index (χ2v) is 4.71. The summed E-state index contributed by atoms with van der Waals surface area (Å²) in [6.45, 7) is 1.98. The second kappa shape index (κ2) is 5.13. The van der Waals surface area contributed by atoms with Gasteiger partial charge < -0.3 is 5.73 Å². The maximum Gasteiger partial charge on any atom is 0.160 e. The van der Waals surface area contributed by atoms with Crippen LogP contribution in [0.4, 0.5) is 5.69 Å². The van der Waals surface area contributed by atoms with E-state index in [4.69, 9.17) is 5.73 Å². The number of rotatable bonds is 2. The summed E-state index contributed by atoms with van der Waals surface area (Å²) in [5.74, 6) is 0.739. The van der Waals surface area contributed by atoms with Gasteiger partial charge in [-0.15, -0.1) is 0 Å². The lowest BCUT2D eigenvalue weighted by molar-refractivity contribution is 1.12. The molecule has 0 aliphatic carbocycles. The summed E-state index contributed by atoms with van der Waals surface area (Å²) in [5.41, 5.74) is 10.4. The van der Waals surface area contributed by atoms with Crippen LogP contribution in [0.25, 0.3) is 22.6 Å². The van der Waals surface area contributed by atoms with Gasteiger partial charge in [0.15, 0.2) is 5.82 Å². The second-order valence-electron chi connectivity index (χ2n) is 4.71. The van der Waals surface area contributed by atoms with E-state index in [0.29, 0.717) is 0 Å². The lowest BCUT2D eigenvalue weighted by atomic mass is 10.1. The summed E-state index contributed by atoms with van der Waals surface area (Å²) in [6, 6.07) is 19.7. The van der Waals surface area contributed by atoms with Gasteiger partial charge in [-0.2, -0.15) is 0 Å². The molecule has 2 N–H and O–H groups in total. The predicted molar refractivity (Wildman–Crippen MR) is 82.1 cm³/mol. The Labute approximate surface area is 118 Å². The number of hydrogen-bond acceptors (Lipinski definition) is 3. The van der Waals surface area contributed by atoms with Crippen molar-refractivity contribution in [3.63, 3.8) is 0 Å². The van der Waals surface area contributed by atoms with E-state index < -0.39 is 0 Å². The zero-order valence-electron chi connectivity index (χ0n) is 11.2. The van der Waals surface area contributed by atoms with Crippen LogP contribution in [0.1, 0.15) is 5.69 Å². The molecule has 0 saturated heterocycles. The van der Waals surface area contributed by atoms with Crippen LogP contribution in [0.5, 0.6) is 0 Å². The summed E-state index contributed by atoms with van der Waals surface area (Å²) < 4.78 is 0. The molecule has 1 heterocycles. The average Bonchev–Trinajstić information content (AvgIpc) is 2.47. The smallest absolute Gasteiger partial charge is 0.160 e. The van der Waals surface area contributed by atoms with Crippen molar-refractivity contribution in [1.29, 1.82) is 0 Å². The maximum atomic E-state index is 5.84. The summed E-state index contributed by atoms with van der Waals surface area (Å²) in [6.07, 6.45) is 0. The zero-order valence-corrected chi connectivity index (χ0v) is 11.2. The lowest BCUT2D eigenvalue weighted by Gasteiger charge is -2.07. The fourth-order valence-corrected chi connectivity index (χ4v) is 2.13. The van der Waals surface area contributed by atoms with Crippen LogP contribution < -0.4 is 5.73 Å². The summed E-state index contributed by atoms with van der Waals surface area (Å²) in [5, 5.41) is 0.